The number of rotatable bonds is 5. The Morgan fingerprint density at radius 1 is 1.46 bits per heavy atom. The molecule has 0 rings (SSSR count). The van der Waals surface area contributed by atoms with Gasteiger partial charge in [0.15, 0.2) is 0 Å². The van der Waals surface area contributed by atoms with Crippen LogP contribution >= 0.6 is 0 Å². The molecule has 0 fully saturated rings. The number of aliphatic carboxylic acids is 1. The zero-order valence-electron chi connectivity index (χ0n) is 7.87. The highest BCUT2D eigenvalue weighted by Gasteiger charge is 2.06. The molecule has 0 saturated carbocycles. The highest BCUT2D eigenvalue weighted by molar-refractivity contribution is 5.95. The Morgan fingerprint density at radius 2 is 2.08 bits per heavy atom. The highest BCUT2D eigenvalue weighted by Crippen LogP contribution is 1.98. The van der Waals surface area contributed by atoms with Gasteiger partial charge in [-0.25, -0.2) is 9.59 Å². The monoisotopic (exact) mass is 186 g/mol. The van der Waals surface area contributed by atoms with Gasteiger partial charge in [0, 0.05) is 11.6 Å². The van der Waals surface area contributed by atoms with E-state index in [1.807, 2.05) is 6.92 Å². The summed E-state index contributed by atoms with van der Waals surface area (Å²) in [6, 6.07) is 0. The van der Waals surface area contributed by atoms with Gasteiger partial charge in [-0.3, -0.25) is 0 Å². The molecule has 0 aliphatic heterocycles. The van der Waals surface area contributed by atoms with Gasteiger partial charge in [0.05, 0.1) is 6.61 Å². The number of carbonyl (C=O) groups excluding carboxylic acids is 1. The second-order valence-corrected chi connectivity index (χ2v) is 2.66. The van der Waals surface area contributed by atoms with Crippen LogP contribution in [-0.2, 0) is 14.3 Å². The van der Waals surface area contributed by atoms with E-state index in [-0.39, 0.29) is 5.57 Å². The minimum Gasteiger partial charge on any atom is -0.478 e. The molecule has 0 bridgehead atoms. The van der Waals surface area contributed by atoms with E-state index in [0.717, 1.165) is 18.9 Å². The molecule has 0 saturated heterocycles. The Kier molecular flexibility index (Phi) is 5.59. The smallest absolute Gasteiger partial charge is 0.333 e. The molecule has 74 valence electrons. The molecule has 4 heteroatoms. The number of esters is 1. The van der Waals surface area contributed by atoms with Gasteiger partial charge in [-0.05, 0) is 13.3 Å². The van der Waals surface area contributed by atoms with Gasteiger partial charge in [0.1, 0.15) is 0 Å². The molecule has 0 aliphatic carbocycles. The van der Waals surface area contributed by atoms with Gasteiger partial charge >= 0.3 is 11.9 Å². The van der Waals surface area contributed by atoms with E-state index in [4.69, 9.17) is 9.84 Å². The number of hydrogen-bond acceptors (Lipinski definition) is 3. The molecular formula is C9H14O4. The minimum atomic E-state index is -1.13. The summed E-state index contributed by atoms with van der Waals surface area (Å²) in [5.41, 5.74) is 0.114. The minimum absolute atomic E-state index is 0.114. The number of hydrogen-bond donors (Lipinski definition) is 1. The maximum Gasteiger partial charge on any atom is 0.333 e. The number of carboxylic acid groups (broad SMARTS) is 1. The lowest BCUT2D eigenvalue weighted by molar-refractivity contribution is -0.140. The molecule has 4 nitrogen and oxygen atoms in total. The molecule has 0 radical (unpaired) electrons. The topological polar surface area (TPSA) is 63.6 Å². The van der Waals surface area contributed by atoms with Crippen molar-refractivity contribution in [3.8, 4) is 0 Å². The van der Waals surface area contributed by atoms with Crippen molar-refractivity contribution in [3.63, 3.8) is 0 Å². The van der Waals surface area contributed by atoms with E-state index in [1.165, 1.54) is 6.92 Å². The van der Waals surface area contributed by atoms with Crippen molar-refractivity contribution in [2.75, 3.05) is 6.61 Å². The molecule has 0 aromatic rings. The fourth-order valence-corrected chi connectivity index (χ4v) is 0.667. The summed E-state index contributed by atoms with van der Waals surface area (Å²) >= 11 is 0. The van der Waals surface area contributed by atoms with Crippen LogP contribution in [0.3, 0.4) is 0 Å². The fourth-order valence-electron chi connectivity index (χ4n) is 0.667. The number of ether oxygens (including phenoxy) is 1. The van der Waals surface area contributed by atoms with Crippen LogP contribution in [0.25, 0.3) is 0 Å². The molecule has 0 aromatic carbocycles. The predicted molar refractivity (Wildman–Crippen MR) is 47.3 cm³/mol. The second kappa shape index (κ2) is 6.22. The third-order valence-electron chi connectivity index (χ3n) is 1.39. The quantitative estimate of drug-likeness (QED) is 0.400. The van der Waals surface area contributed by atoms with Crippen molar-refractivity contribution in [1.82, 2.24) is 0 Å². The van der Waals surface area contributed by atoms with Crippen molar-refractivity contribution in [1.29, 1.82) is 0 Å². The van der Waals surface area contributed by atoms with Crippen LogP contribution in [0.5, 0.6) is 0 Å². The highest BCUT2D eigenvalue weighted by atomic mass is 16.5. The predicted octanol–water partition coefficient (Wildman–Crippen LogP) is 1.36. The van der Waals surface area contributed by atoms with Crippen molar-refractivity contribution >= 4 is 11.9 Å². The maximum absolute atomic E-state index is 11.0. The lowest BCUT2D eigenvalue weighted by atomic mass is 10.3. The third-order valence-corrected chi connectivity index (χ3v) is 1.39. The van der Waals surface area contributed by atoms with Crippen molar-refractivity contribution in [2.24, 2.45) is 0 Å². The first-order chi connectivity index (χ1) is 6.07. The van der Waals surface area contributed by atoms with Crippen LogP contribution in [0, 0.1) is 0 Å². The summed E-state index contributed by atoms with van der Waals surface area (Å²) in [4.78, 5) is 21.2. The summed E-state index contributed by atoms with van der Waals surface area (Å²) in [5.74, 6) is -1.69. The Hall–Kier alpha value is -1.32. The van der Waals surface area contributed by atoms with E-state index in [1.54, 1.807) is 0 Å². The van der Waals surface area contributed by atoms with E-state index in [2.05, 4.69) is 0 Å². The molecule has 0 aliphatic rings. The number of unbranched alkanes of at least 4 members (excludes halogenated alkanes) is 1. The van der Waals surface area contributed by atoms with Crippen LogP contribution in [0.1, 0.15) is 26.7 Å². The van der Waals surface area contributed by atoms with Crippen LogP contribution in [0.15, 0.2) is 11.6 Å². The lowest BCUT2D eigenvalue weighted by Gasteiger charge is -2.02. The summed E-state index contributed by atoms with van der Waals surface area (Å²) in [7, 11) is 0. The second-order valence-electron chi connectivity index (χ2n) is 2.66. The summed E-state index contributed by atoms with van der Waals surface area (Å²) < 4.78 is 4.77. The molecule has 0 spiro atoms. The van der Waals surface area contributed by atoms with Crippen LogP contribution in [-0.4, -0.2) is 23.7 Å². The van der Waals surface area contributed by atoms with Crippen LogP contribution in [0.4, 0.5) is 0 Å². The Labute approximate surface area is 77.2 Å². The average Bonchev–Trinajstić information content (AvgIpc) is 2.03. The number of carboxylic acids is 1. The normalized spacial score (nSPS) is 11.1. The average molecular weight is 186 g/mol. The SMILES string of the molecule is CCCCOC(=O)C(C)=CC(=O)O. The van der Waals surface area contributed by atoms with Crippen LogP contribution < -0.4 is 0 Å². The first-order valence-electron chi connectivity index (χ1n) is 4.16. The van der Waals surface area contributed by atoms with Gasteiger partial charge in [-0.2, -0.15) is 0 Å². The van der Waals surface area contributed by atoms with E-state index in [0.29, 0.717) is 6.61 Å². The van der Waals surface area contributed by atoms with Gasteiger partial charge in [-0.15, -0.1) is 0 Å². The molecule has 13 heavy (non-hydrogen) atoms. The van der Waals surface area contributed by atoms with Gasteiger partial charge < -0.3 is 9.84 Å². The van der Waals surface area contributed by atoms with Crippen LogP contribution in [0.2, 0.25) is 0 Å². The standard InChI is InChI=1S/C9H14O4/c1-3-4-5-13-9(12)7(2)6-8(10)11/h6H,3-5H2,1-2H3,(H,10,11). The van der Waals surface area contributed by atoms with Gasteiger partial charge in [0.25, 0.3) is 0 Å². The van der Waals surface area contributed by atoms with Crippen molar-refractivity contribution in [2.45, 2.75) is 26.7 Å². The van der Waals surface area contributed by atoms with Crippen molar-refractivity contribution in [3.05, 3.63) is 11.6 Å². The summed E-state index contributed by atoms with van der Waals surface area (Å²) in [6.07, 6.45) is 2.58. The Morgan fingerprint density at radius 3 is 2.54 bits per heavy atom. The molecule has 0 heterocycles. The molecule has 0 atom stereocenters. The first-order valence-corrected chi connectivity index (χ1v) is 4.16. The van der Waals surface area contributed by atoms with Gasteiger partial charge in [-0.1, -0.05) is 13.3 Å². The molecule has 0 unspecified atom stereocenters. The fraction of sp³-hybridized carbons (Fsp3) is 0.556. The van der Waals surface area contributed by atoms with Gasteiger partial charge in [0.2, 0.25) is 0 Å². The summed E-state index contributed by atoms with van der Waals surface area (Å²) in [6.45, 7) is 3.75. The third kappa shape index (κ3) is 5.90. The van der Waals surface area contributed by atoms with E-state index < -0.39 is 11.9 Å². The number of carbonyl (C=O) groups is 2. The zero-order chi connectivity index (χ0) is 10.3. The van der Waals surface area contributed by atoms with Crippen molar-refractivity contribution < 1.29 is 19.4 Å². The maximum atomic E-state index is 11.0. The molecule has 0 amide bonds. The largest absolute Gasteiger partial charge is 0.478 e. The zero-order valence-corrected chi connectivity index (χ0v) is 7.87. The van der Waals surface area contributed by atoms with E-state index >= 15 is 0 Å². The molecule has 1 N–H and O–H groups in total. The molecular weight excluding hydrogens is 172 g/mol. The lowest BCUT2D eigenvalue weighted by Crippen LogP contribution is -2.08. The Balaban J connectivity index is 3.90. The first kappa shape index (κ1) is 11.7. The summed E-state index contributed by atoms with van der Waals surface area (Å²) in [5, 5.41) is 8.32. The Bertz CT molecular complexity index is 218. The van der Waals surface area contributed by atoms with E-state index in [9.17, 15) is 9.59 Å². The molecule has 0 aromatic heterocycles.